The molecule has 1 aromatic rings. The first kappa shape index (κ1) is 11.8. The van der Waals surface area contributed by atoms with Crippen molar-refractivity contribution in [2.75, 3.05) is 19.0 Å². The largest absolute Gasteiger partial charge is 0.377 e. The van der Waals surface area contributed by atoms with Gasteiger partial charge in [-0.15, -0.1) is 0 Å². The Balaban J connectivity index is 3.08. The first-order valence-electron chi connectivity index (χ1n) is 5.38. The van der Waals surface area contributed by atoms with Gasteiger partial charge in [0.25, 0.3) is 0 Å². The molecule has 1 atom stereocenters. The molecule has 82 valence electrons. The third-order valence-electron chi connectivity index (χ3n) is 2.71. The average Bonchev–Trinajstić information content (AvgIpc) is 2.27. The van der Waals surface area contributed by atoms with Crippen LogP contribution in [-0.2, 0) is 0 Å². The Hall–Kier alpha value is -1.31. The summed E-state index contributed by atoms with van der Waals surface area (Å²) in [6.45, 7) is 4.02. The molecule has 0 N–H and O–H groups in total. The number of anilines is 1. The minimum Gasteiger partial charge on any atom is -0.377 e. The molecule has 0 amide bonds. The third-order valence-corrected chi connectivity index (χ3v) is 2.71. The number of hydrogen-bond acceptors (Lipinski definition) is 2. The van der Waals surface area contributed by atoms with E-state index in [9.17, 15) is 4.79 Å². The molecule has 1 unspecified atom stereocenters. The summed E-state index contributed by atoms with van der Waals surface area (Å²) in [6, 6.07) is 7.77. The standard InChI is InChI=1S/C13H19NO/c1-5-10(2)13(15)11-8-6-7-9-12(11)14(3)4/h6-10H,5H2,1-4H3. The lowest BCUT2D eigenvalue weighted by molar-refractivity contribution is 0.0928. The van der Waals surface area contributed by atoms with Crippen LogP contribution >= 0.6 is 0 Å². The van der Waals surface area contributed by atoms with E-state index in [2.05, 4.69) is 0 Å². The zero-order chi connectivity index (χ0) is 11.4. The Morgan fingerprint density at radius 2 is 1.93 bits per heavy atom. The van der Waals surface area contributed by atoms with Crippen LogP contribution in [0, 0.1) is 5.92 Å². The second-order valence-corrected chi connectivity index (χ2v) is 4.09. The van der Waals surface area contributed by atoms with Crippen molar-refractivity contribution in [1.29, 1.82) is 0 Å². The number of Topliss-reactive ketones (excluding diaryl/α,β-unsaturated/α-hetero) is 1. The van der Waals surface area contributed by atoms with Gasteiger partial charge < -0.3 is 4.90 Å². The maximum absolute atomic E-state index is 12.1. The first-order chi connectivity index (χ1) is 7.07. The Morgan fingerprint density at radius 3 is 2.47 bits per heavy atom. The molecule has 0 radical (unpaired) electrons. The highest BCUT2D eigenvalue weighted by Gasteiger charge is 2.16. The van der Waals surface area contributed by atoms with E-state index >= 15 is 0 Å². The number of rotatable bonds is 4. The number of benzene rings is 1. The molecule has 0 heterocycles. The Kier molecular flexibility index (Phi) is 3.89. The number of carbonyl (C=O) groups excluding carboxylic acids is 1. The second kappa shape index (κ2) is 4.96. The maximum Gasteiger partial charge on any atom is 0.167 e. The lowest BCUT2D eigenvalue weighted by Crippen LogP contribution is -2.17. The molecule has 0 aliphatic carbocycles. The Bertz CT molecular complexity index is 344. The highest BCUT2D eigenvalue weighted by molar-refractivity contribution is 6.02. The van der Waals surface area contributed by atoms with E-state index in [1.807, 2.05) is 57.1 Å². The lowest BCUT2D eigenvalue weighted by atomic mass is 9.96. The molecule has 0 bridgehead atoms. The van der Waals surface area contributed by atoms with Crippen molar-refractivity contribution >= 4 is 11.5 Å². The van der Waals surface area contributed by atoms with E-state index in [4.69, 9.17) is 0 Å². The molecule has 15 heavy (non-hydrogen) atoms. The van der Waals surface area contributed by atoms with E-state index in [1.54, 1.807) is 0 Å². The molecular weight excluding hydrogens is 186 g/mol. The fourth-order valence-corrected chi connectivity index (χ4v) is 1.52. The number of para-hydroxylation sites is 1. The summed E-state index contributed by atoms with van der Waals surface area (Å²) in [5.41, 5.74) is 1.83. The van der Waals surface area contributed by atoms with Crippen molar-refractivity contribution in [3.8, 4) is 0 Å². The van der Waals surface area contributed by atoms with Crippen molar-refractivity contribution < 1.29 is 4.79 Å². The van der Waals surface area contributed by atoms with Gasteiger partial charge in [0.05, 0.1) is 0 Å². The van der Waals surface area contributed by atoms with Crippen LogP contribution in [0.5, 0.6) is 0 Å². The summed E-state index contributed by atoms with van der Waals surface area (Å²) < 4.78 is 0. The van der Waals surface area contributed by atoms with Crippen LogP contribution in [0.1, 0.15) is 30.6 Å². The van der Waals surface area contributed by atoms with Crippen LogP contribution in [0.15, 0.2) is 24.3 Å². The number of nitrogens with zero attached hydrogens (tertiary/aromatic N) is 1. The van der Waals surface area contributed by atoms with Crippen LogP contribution in [0.3, 0.4) is 0 Å². The van der Waals surface area contributed by atoms with Crippen LogP contribution < -0.4 is 4.90 Å². The van der Waals surface area contributed by atoms with Crippen molar-refractivity contribution in [2.24, 2.45) is 5.92 Å². The number of carbonyl (C=O) groups is 1. The summed E-state index contributed by atoms with van der Waals surface area (Å²) >= 11 is 0. The van der Waals surface area contributed by atoms with Crippen molar-refractivity contribution in [2.45, 2.75) is 20.3 Å². The van der Waals surface area contributed by atoms with E-state index in [0.29, 0.717) is 0 Å². The molecular formula is C13H19NO. The van der Waals surface area contributed by atoms with E-state index in [0.717, 1.165) is 17.7 Å². The molecule has 2 nitrogen and oxygen atoms in total. The van der Waals surface area contributed by atoms with Crippen LogP contribution in [0.2, 0.25) is 0 Å². The SMILES string of the molecule is CCC(C)C(=O)c1ccccc1N(C)C. The molecule has 0 saturated heterocycles. The van der Waals surface area contributed by atoms with Gasteiger partial charge in [0.1, 0.15) is 0 Å². The molecule has 0 aliphatic rings. The Labute approximate surface area is 91.9 Å². The molecule has 0 spiro atoms. The quantitative estimate of drug-likeness (QED) is 0.704. The molecule has 2 heteroatoms. The summed E-state index contributed by atoms with van der Waals surface area (Å²) in [6.07, 6.45) is 0.889. The topological polar surface area (TPSA) is 20.3 Å². The smallest absolute Gasteiger partial charge is 0.167 e. The highest BCUT2D eigenvalue weighted by Crippen LogP contribution is 2.22. The number of ketones is 1. The number of hydrogen-bond donors (Lipinski definition) is 0. The van der Waals surface area contributed by atoms with E-state index in [-0.39, 0.29) is 11.7 Å². The second-order valence-electron chi connectivity index (χ2n) is 4.09. The lowest BCUT2D eigenvalue weighted by Gasteiger charge is -2.18. The van der Waals surface area contributed by atoms with Gasteiger partial charge in [0.15, 0.2) is 5.78 Å². The molecule has 1 aromatic carbocycles. The summed E-state index contributed by atoms with van der Waals surface area (Å²) in [5.74, 6) is 0.341. The molecule has 0 aliphatic heterocycles. The molecule has 0 saturated carbocycles. The normalized spacial score (nSPS) is 12.3. The third kappa shape index (κ3) is 2.58. The predicted octanol–water partition coefficient (Wildman–Crippen LogP) is 2.98. The van der Waals surface area contributed by atoms with Gasteiger partial charge in [0, 0.05) is 31.3 Å². The van der Waals surface area contributed by atoms with Gasteiger partial charge in [0.2, 0.25) is 0 Å². The molecule has 0 aromatic heterocycles. The Morgan fingerprint density at radius 1 is 1.33 bits per heavy atom. The summed E-state index contributed by atoms with van der Waals surface area (Å²) in [7, 11) is 3.92. The average molecular weight is 205 g/mol. The van der Waals surface area contributed by atoms with Crippen LogP contribution in [0.25, 0.3) is 0 Å². The monoisotopic (exact) mass is 205 g/mol. The maximum atomic E-state index is 12.1. The fourth-order valence-electron chi connectivity index (χ4n) is 1.52. The summed E-state index contributed by atoms with van der Waals surface area (Å²) in [5, 5.41) is 0. The van der Waals surface area contributed by atoms with Crippen LogP contribution in [-0.4, -0.2) is 19.9 Å². The van der Waals surface area contributed by atoms with Gasteiger partial charge in [-0.3, -0.25) is 4.79 Å². The predicted molar refractivity (Wildman–Crippen MR) is 64.6 cm³/mol. The zero-order valence-electron chi connectivity index (χ0n) is 9.95. The molecule has 0 fully saturated rings. The van der Waals surface area contributed by atoms with Crippen molar-refractivity contribution in [1.82, 2.24) is 0 Å². The van der Waals surface area contributed by atoms with Gasteiger partial charge in [-0.2, -0.15) is 0 Å². The highest BCUT2D eigenvalue weighted by atomic mass is 16.1. The van der Waals surface area contributed by atoms with Crippen molar-refractivity contribution in [3.63, 3.8) is 0 Å². The van der Waals surface area contributed by atoms with Crippen LogP contribution in [0.4, 0.5) is 5.69 Å². The summed E-state index contributed by atoms with van der Waals surface area (Å²) in [4.78, 5) is 14.1. The van der Waals surface area contributed by atoms with Gasteiger partial charge >= 0.3 is 0 Å². The van der Waals surface area contributed by atoms with Gasteiger partial charge in [-0.25, -0.2) is 0 Å². The van der Waals surface area contributed by atoms with E-state index < -0.39 is 0 Å². The zero-order valence-corrected chi connectivity index (χ0v) is 9.95. The fraction of sp³-hybridized carbons (Fsp3) is 0.462. The minimum absolute atomic E-state index is 0.103. The van der Waals surface area contributed by atoms with Crippen molar-refractivity contribution in [3.05, 3.63) is 29.8 Å². The molecule has 1 rings (SSSR count). The minimum atomic E-state index is 0.103. The van der Waals surface area contributed by atoms with Gasteiger partial charge in [-0.1, -0.05) is 26.0 Å². The van der Waals surface area contributed by atoms with Gasteiger partial charge in [-0.05, 0) is 18.6 Å². The first-order valence-corrected chi connectivity index (χ1v) is 5.38. The van der Waals surface area contributed by atoms with E-state index in [1.165, 1.54) is 0 Å².